The second kappa shape index (κ2) is 6.09. The lowest BCUT2D eigenvalue weighted by atomic mass is 9.94. The maximum atomic E-state index is 13.0. The van der Waals surface area contributed by atoms with E-state index in [1.165, 1.54) is 32.2 Å². The molecule has 2 aromatic carbocycles. The van der Waals surface area contributed by atoms with Gasteiger partial charge in [0.05, 0.1) is 21.0 Å². The molecular formula is C17H12N6O6. The average molecular weight is 396 g/mol. The molecule has 29 heavy (non-hydrogen) atoms. The van der Waals surface area contributed by atoms with E-state index in [4.69, 9.17) is 0 Å². The van der Waals surface area contributed by atoms with Crippen LogP contribution in [0.15, 0.2) is 30.3 Å². The monoisotopic (exact) mass is 396 g/mol. The number of anilines is 1. The minimum absolute atomic E-state index is 0.0570. The van der Waals surface area contributed by atoms with Crippen molar-refractivity contribution < 1.29 is 19.4 Å². The highest BCUT2D eigenvalue weighted by Gasteiger charge is 2.37. The summed E-state index contributed by atoms with van der Waals surface area (Å²) in [5.74, 6) is -1.78. The molecule has 146 valence electrons. The highest BCUT2D eigenvalue weighted by molar-refractivity contribution is 6.26. The van der Waals surface area contributed by atoms with Crippen LogP contribution in [0.4, 0.5) is 17.2 Å². The molecule has 0 fully saturated rings. The predicted octanol–water partition coefficient (Wildman–Crippen LogP) is 2.32. The van der Waals surface area contributed by atoms with E-state index in [0.29, 0.717) is 15.8 Å². The zero-order valence-corrected chi connectivity index (χ0v) is 15.1. The van der Waals surface area contributed by atoms with Crippen LogP contribution in [0.1, 0.15) is 26.4 Å². The summed E-state index contributed by atoms with van der Waals surface area (Å²) < 4.78 is 1.14. The summed E-state index contributed by atoms with van der Waals surface area (Å²) in [7, 11) is 1.42. The van der Waals surface area contributed by atoms with Gasteiger partial charge in [-0.1, -0.05) is 12.1 Å². The Morgan fingerprint density at radius 3 is 2.38 bits per heavy atom. The van der Waals surface area contributed by atoms with Gasteiger partial charge in [-0.25, -0.2) is 4.68 Å². The van der Waals surface area contributed by atoms with Gasteiger partial charge in [0, 0.05) is 24.6 Å². The molecule has 4 rings (SSSR count). The van der Waals surface area contributed by atoms with E-state index in [0.717, 1.165) is 10.7 Å². The van der Waals surface area contributed by atoms with Crippen LogP contribution < -0.4 is 5.43 Å². The highest BCUT2D eigenvalue weighted by Crippen LogP contribution is 2.35. The van der Waals surface area contributed by atoms with Gasteiger partial charge < -0.3 is 0 Å². The molecule has 12 nitrogen and oxygen atoms in total. The summed E-state index contributed by atoms with van der Waals surface area (Å²) in [5.41, 5.74) is 1.95. The summed E-state index contributed by atoms with van der Waals surface area (Å²) in [5, 5.41) is 27.8. The van der Waals surface area contributed by atoms with Crippen LogP contribution >= 0.6 is 0 Å². The van der Waals surface area contributed by atoms with Crippen LogP contribution in [0.5, 0.6) is 0 Å². The third kappa shape index (κ3) is 2.57. The Morgan fingerprint density at radius 2 is 1.72 bits per heavy atom. The Morgan fingerprint density at radius 1 is 1.03 bits per heavy atom. The van der Waals surface area contributed by atoms with E-state index in [-0.39, 0.29) is 28.3 Å². The second-order valence-corrected chi connectivity index (χ2v) is 6.37. The van der Waals surface area contributed by atoms with E-state index in [1.54, 1.807) is 6.07 Å². The Bertz CT molecular complexity index is 1260. The quantitative estimate of drug-likeness (QED) is 0.400. The number of carbonyl (C=O) groups excluding carboxylic acids is 2. The normalized spacial score (nSPS) is 13.1. The van der Waals surface area contributed by atoms with Crippen LogP contribution in [0.25, 0.3) is 10.8 Å². The molecule has 12 heteroatoms. The average Bonchev–Trinajstić information content (AvgIpc) is 2.95. The Kier molecular flexibility index (Phi) is 3.78. The number of imide groups is 1. The molecule has 0 saturated heterocycles. The Balaban J connectivity index is 1.89. The molecule has 3 aromatic rings. The molecular weight excluding hydrogens is 384 g/mol. The standard InChI is InChI=1S/C17H12N6O6/c1-8-14(23(28)29)15(20(2)18-8)19-21-16(24)11-5-3-4-9-6-10(22(26)27)7-12(13(9)11)17(21)25/h3-7,19H,1-2H3. The summed E-state index contributed by atoms with van der Waals surface area (Å²) >= 11 is 0. The van der Waals surface area contributed by atoms with Crippen LogP contribution in [-0.2, 0) is 7.05 Å². The summed E-state index contributed by atoms with van der Waals surface area (Å²) in [6.45, 7) is 1.42. The van der Waals surface area contributed by atoms with Crippen molar-refractivity contribution in [3.05, 3.63) is 67.4 Å². The smallest absolute Gasteiger partial charge is 0.267 e. The highest BCUT2D eigenvalue weighted by atomic mass is 16.6. The van der Waals surface area contributed by atoms with Crippen LogP contribution in [-0.4, -0.2) is 36.5 Å². The minimum atomic E-state index is -0.865. The Hall–Kier alpha value is -4.35. The summed E-state index contributed by atoms with van der Waals surface area (Å²) in [6, 6.07) is 6.94. The van der Waals surface area contributed by atoms with Gasteiger partial charge in [0.1, 0.15) is 5.69 Å². The molecule has 1 aromatic heterocycles. The largest absolute Gasteiger partial charge is 0.335 e. The van der Waals surface area contributed by atoms with E-state index >= 15 is 0 Å². The maximum Gasteiger partial charge on any atom is 0.335 e. The summed E-state index contributed by atoms with van der Waals surface area (Å²) in [4.78, 5) is 47.3. The molecule has 0 bridgehead atoms. The number of aromatic nitrogens is 2. The van der Waals surface area contributed by atoms with Crippen molar-refractivity contribution in [3.63, 3.8) is 0 Å². The number of non-ortho nitro benzene ring substituents is 1. The number of rotatable bonds is 4. The maximum absolute atomic E-state index is 13.0. The lowest BCUT2D eigenvalue weighted by Gasteiger charge is -2.27. The fourth-order valence-electron chi connectivity index (χ4n) is 3.40. The van der Waals surface area contributed by atoms with Crippen molar-refractivity contribution in [2.75, 3.05) is 5.43 Å². The first-order chi connectivity index (χ1) is 13.7. The van der Waals surface area contributed by atoms with Crippen LogP contribution in [0.3, 0.4) is 0 Å². The first-order valence-electron chi connectivity index (χ1n) is 8.25. The van der Waals surface area contributed by atoms with Gasteiger partial charge >= 0.3 is 5.69 Å². The topological polar surface area (TPSA) is 154 Å². The van der Waals surface area contributed by atoms with Crippen molar-refractivity contribution in [2.45, 2.75) is 6.92 Å². The number of hydrogen-bond donors (Lipinski definition) is 1. The fraction of sp³-hybridized carbons (Fsp3) is 0.118. The molecule has 2 heterocycles. The number of nitrogens with zero attached hydrogens (tertiary/aromatic N) is 5. The number of aryl methyl sites for hydroxylation is 2. The van der Waals surface area contributed by atoms with Gasteiger partial charge in [-0.05, 0) is 18.4 Å². The van der Waals surface area contributed by atoms with E-state index < -0.39 is 27.3 Å². The van der Waals surface area contributed by atoms with Crippen molar-refractivity contribution >= 4 is 39.8 Å². The SMILES string of the molecule is Cc1nn(C)c(NN2C(=O)c3cccc4cc([N+](=O)[O-])cc(c34)C2=O)c1[N+](=O)[O-]. The number of nitro groups is 2. The molecule has 1 aliphatic rings. The number of hydrogen-bond acceptors (Lipinski definition) is 8. The zero-order valence-electron chi connectivity index (χ0n) is 15.1. The van der Waals surface area contributed by atoms with Gasteiger partial charge in [-0.2, -0.15) is 10.1 Å². The predicted molar refractivity (Wildman–Crippen MR) is 99.3 cm³/mol. The number of amides is 2. The van der Waals surface area contributed by atoms with Crippen molar-refractivity contribution in [1.29, 1.82) is 0 Å². The number of nitrogens with one attached hydrogen (secondary N) is 1. The Labute approximate surface area is 161 Å². The molecule has 0 spiro atoms. The first kappa shape index (κ1) is 18.0. The molecule has 1 N–H and O–H groups in total. The number of hydrazine groups is 1. The van der Waals surface area contributed by atoms with Gasteiger partial charge in [-0.3, -0.25) is 35.2 Å². The zero-order chi connectivity index (χ0) is 21.0. The first-order valence-corrected chi connectivity index (χ1v) is 8.25. The van der Waals surface area contributed by atoms with Gasteiger partial charge in [0.15, 0.2) is 0 Å². The van der Waals surface area contributed by atoms with Gasteiger partial charge in [-0.15, -0.1) is 0 Å². The minimum Gasteiger partial charge on any atom is -0.267 e. The van der Waals surface area contributed by atoms with Crippen LogP contribution in [0, 0.1) is 27.2 Å². The van der Waals surface area contributed by atoms with Crippen molar-refractivity contribution in [1.82, 2.24) is 14.8 Å². The molecule has 0 aliphatic carbocycles. The third-order valence-electron chi connectivity index (χ3n) is 4.63. The third-order valence-corrected chi connectivity index (χ3v) is 4.63. The lowest BCUT2D eigenvalue weighted by Crippen LogP contribution is -2.44. The fourth-order valence-corrected chi connectivity index (χ4v) is 3.40. The van der Waals surface area contributed by atoms with Crippen molar-refractivity contribution in [2.24, 2.45) is 7.05 Å². The molecule has 0 unspecified atom stereocenters. The molecule has 0 saturated carbocycles. The van der Waals surface area contributed by atoms with E-state index in [2.05, 4.69) is 10.5 Å². The van der Waals surface area contributed by atoms with Crippen LogP contribution in [0.2, 0.25) is 0 Å². The van der Waals surface area contributed by atoms with Crippen molar-refractivity contribution in [3.8, 4) is 0 Å². The number of benzene rings is 2. The van der Waals surface area contributed by atoms with Gasteiger partial charge in [0.2, 0.25) is 5.82 Å². The number of nitro benzene ring substituents is 1. The van der Waals surface area contributed by atoms with Gasteiger partial charge in [0.25, 0.3) is 17.5 Å². The number of carbonyl (C=O) groups is 2. The van der Waals surface area contributed by atoms with E-state index in [1.807, 2.05) is 0 Å². The lowest BCUT2D eigenvalue weighted by molar-refractivity contribution is -0.384. The molecule has 2 amide bonds. The molecule has 1 aliphatic heterocycles. The summed E-state index contributed by atoms with van der Waals surface area (Å²) in [6.07, 6.45) is 0. The molecule has 0 radical (unpaired) electrons. The van der Waals surface area contributed by atoms with E-state index in [9.17, 15) is 29.8 Å². The second-order valence-electron chi connectivity index (χ2n) is 6.37. The molecule has 0 atom stereocenters.